The normalized spacial score (nSPS) is 9.90. The lowest BCUT2D eigenvalue weighted by Gasteiger charge is -2.18. The highest BCUT2D eigenvalue weighted by molar-refractivity contribution is 9.10. The number of anilines is 1. The van der Waals surface area contributed by atoms with E-state index < -0.39 is 0 Å². The van der Waals surface area contributed by atoms with Crippen LogP contribution < -0.4 is 4.90 Å². The fraction of sp³-hybridized carbons (Fsp3) is 0.0667. The van der Waals surface area contributed by atoms with E-state index in [-0.39, 0.29) is 5.91 Å². The molecule has 0 N–H and O–H groups in total. The van der Waals surface area contributed by atoms with Crippen molar-refractivity contribution in [3.63, 3.8) is 0 Å². The molecule has 0 fully saturated rings. The molecule has 0 unspecified atom stereocenters. The first kappa shape index (κ1) is 14.6. The molecule has 1 amide bonds. The molecule has 0 saturated heterocycles. The third-order valence-corrected chi connectivity index (χ3v) is 3.45. The highest BCUT2D eigenvalue weighted by Gasteiger charge is 2.15. The highest BCUT2D eigenvalue weighted by atomic mass is 79.9. The van der Waals surface area contributed by atoms with Crippen LogP contribution in [0, 0.1) is 11.3 Å². The Morgan fingerprint density at radius 2 is 2.05 bits per heavy atom. The average molecular weight is 350 g/mol. The van der Waals surface area contributed by atoms with Crippen molar-refractivity contribution in [1.82, 2.24) is 0 Å². The third kappa shape index (κ3) is 3.19. The fourth-order valence-electron chi connectivity index (χ4n) is 1.77. The van der Waals surface area contributed by atoms with Crippen molar-refractivity contribution < 1.29 is 4.79 Å². The Morgan fingerprint density at radius 1 is 1.30 bits per heavy atom. The van der Waals surface area contributed by atoms with E-state index >= 15 is 0 Å². The number of rotatable bonds is 2. The Hall–Kier alpha value is -1.83. The summed E-state index contributed by atoms with van der Waals surface area (Å²) in [7, 11) is 1.66. The van der Waals surface area contributed by atoms with Gasteiger partial charge in [-0.05, 0) is 36.4 Å². The molecule has 0 aliphatic rings. The minimum atomic E-state index is -0.191. The zero-order valence-electron chi connectivity index (χ0n) is 10.6. The molecule has 100 valence electrons. The molecular weight excluding hydrogens is 340 g/mol. The molecule has 5 heteroatoms. The summed E-state index contributed by atoms with van der Waals surface area (Å²) in [6, 6.07) is 14.0. The predicted molar refractivity (Wildman–Crippen MR) is 83.0 cm³/mol. The van der Waals surface area contributed by atoms with Gasteiger partial charge in [0.25, 0.3) is 5.91 Å². The molecule has 2 aromatic carbocycles. The number of halogens is 2. The Labute approximate surface area is 130 Å². The molecule has 0 spiro atoms. The van der Waals surface area contributed by atoms with Crippen LogP contribution in [0.4, 0.5) is 5.69 Å². The minimum Gasteiger partial charge on any atom is -0.311 e. The van der Waals surface area contributed by atoms with Gasteiger partial charge in [-0.15, -0.1) is 0 Å². The van der Waals surface area contributed by atoms with E-state index in [0.29, 0.717) is 21.8 Å². The molecule has 0 heterocycles. The Kier molecular flexibility index (Phi) is 4.43. The van der Waals surface area contributed by atoms with E-state index in [1.54, 1.807) is 49.5 Å². The van der Waals surface area contributed by atoms with E-state index in [1.807, 2.05) is 0 Å². The lowest BCUT2D eigenvalue weighted by Crippen LogP contribution is -2.26. The summed E-state index contributed by atoms with van der Waals surface area (Å²) >= 11 is 9.26. The van der Waals surface area contributed by atoms with Gasteiger partial charge in [0.15, 0.2) is 0 Å². The van der Waals surface area contributed by atoms with E-state index in [0.717, 1.165) is 4.47 Å². The first-order valence-electron chi connectivity index (χ1n) is 5.75. The summed E-state index contributed by atoms with van der Waals surface area (Å²) in [4.78, 5) is 13.9. The van der Waals surface area contributed by atoms with E-state index in [1.165, 1.54) is 4.90 Å². The highest BCUT2D eigenvalue weighted by Crippen LogP contribution is 2.22. The summed E-state index contributed by atoms with van der Waals surface area (Å²) in [5.74, 6) is -0.191. The van der Waals surface area contributed by atoms with Crippen molar-refractivity contribution in [3.8, 4) is 6.07 Å². The maximum atomic E-state index is 12.4. The summed E-state index contributed by atoms with van der Waals surface area (Å²) in [6.45, 7) is 0. The summed E-state index contributed by atoms with van der Waals surface area (Å²) in [6.07, 6.45) is 0. The second-order valence-electron chi connectivity index (χ2n) is 4.18. The molecule has 0 bridgehead atoms. The molecule has 0 aliphatic carbocycles. The predicted octanol–water partition coefficient (Wildman–Crippen LogP) is 4.25. The van der Waals surface area contributed by atoms with Gasteiger partial charge in [-0.1, -0.05) is 33.6 Å². The zero-order chi connectivity index (χ0) is 14.7. The molecule has 0 radical (unpaired) electrons. The van der Waals surface area contributed by atoms with Crippen LogP contribution in [0.25, 0.3) is 0 Å². The molecular formula is C15H10BrClN2O. The SMILES string of the molecule is CN(C(=O)c1cc(Cl)cc(Br)c1)c1cccc(C#N)c1. The fourth-order valence-corrected chi connectivity index (χ4v) is 2.63. The maximum Gasteiger partial charge on any atom is 0.258 e. The van der Waals surface area contributed by atoms with Crippen molar-refractivity contribution in [2.75, 3.05) is 11.9 Å². The van der Waals surface area contributed by atoms with Gasteiger partial charge < -0.3 is 4.90 Å². The zero-order valence-corrected chi connectivity index (χ0v) is 12.9. The van der Waals surface area contributed by atoms with Crippen LogP contribution >= 0.6 is 27.5 Å². The Bertz CT molecular complexity index is 689. The number of hydrogen-bond donors (Lipinski definition) is 0. The monoisotopic (exact) mass is 348 g/mol. The topological polar surface area (TPSA) is 44.1 Å². The molecule has 20 heavy (non-hydrogen) atoms. The number of carbonyl (C=O) groups excluding carboxylic acids is 1. The van der Waals surface area contributed by atoms with E-state index in [4.69, 9.17) is 16.9 Å². The number of nitriles is 1. The first-order valence-corrected chi connectivity index (χ1v) is 6.92. The molecule has 3 nitrogen and oxygen atoms in total. The van der Waals surface area contributed by atoms with Gasteiger partial charge in [-0.25, -0.2) is 0 Å². The average Bonchev–Trinajstić information content (AvgIpc) is 2.44. The van der Waals surface area contributed by atoms with Crippen molar-refractivity contribution in [2.45, 2.75) is 0 Å². The van der Waals surface area contributed by atoms with Crippen LogP contribution in [-0.4, -0.2) is 13.0 Å². The van der Waals surface area contributed by atoms with Crippen LogP contribution in [0.1, 0.15) is 15.9 Å². The van der Waals surface area contributed by atoms with Crippen molar-refractivity contribution in [2.24, 2.45) is 0 Å². The van der Waals surface area contributed by atoms with Gasteiger partial charge in [-0.3, -0.25) is 4.79 Å². The van der Waals surface area contributed by atoms with Crippen LogP contribution in [0.2, 0.25) is 5.02 Å². The number of benzene rings is 2. The smallest absolute Gasteiger partial charge is 0.258 e. The van der Waals surface area contributed by atoms with Gasteiger partial charge in [-0.2, -0.15) is 5.26 Å². The number of nitrogens with zero attached hydrogens (tertiary/aromatic N) is 2. The lowest BCUT2D eigenvalue weighted by atomic mass is 10.1. The van der Waals surface area contributed by atoms with Gasteiger partial charge in [0.1, 0.15) is 0 Å². The molecule has 2 rings (SSSR count). The summed E-state index contributed by atoms with van der Waals surface area (Å²) in [5.41, 5.74) is 1.65. The maximum absolute atomic E-state index is 12.4. The van der Waals surface area contributed by atoms with Crippen molar-refractivity contribution in [1.29, 1.82) is 5.26 Å². The number of hydrogen-bond acceptors (Lipinski definition) is 2. The Balaban J connectivity index is 2.35. The van der Waals surface area contributed by atoms with Gasteiger partial charge >= 0.3 is 0 Å². The summed E-state index contributed by atoms with van der Waals surface area (Å²) < 4.78 is 0.743. The molecule has 0 aliphatic heterocycles. The largest absolute Gasteiger partial charge is 0.311 e. The molecule has 2 aromatic rings. The lowest BCUT2D eigenvalue weighted by molar-refractivity contribution is 0.0993. The van der Waals surface area contributed by atoms with Gasteiger partial charge in [0.05, 0.1) is 11.6 Å². The standard InChI is InChI=1S/C15H10BrClN2O/c1-19(14-4-2-3-10(5-14)9-18)15(20)11-6-12(16)8-13(17)7-11/h2-8H,1H3. The number of amides is 1. The van der Waals surface area contributed by atoms with Crippen molar-refractivity contribution in [3.05, 3.63) is 63.1 Å². The molecule has 0 atom stereocenters. The van der Waals surface area contributed by atoms with Gasteiger partial charge in [0, 0.05) is 27.8 Å². The van der Waals surface area contributed by atoms with E-state index in [2.05, 4.69) is 22.0 Å². The van der Waals surface area contributed by atoms with Crippen LogP contribution in [0.15, 0.2) is 46.9 Å². The van der Waals surface area contributed by atoms with Crippen LogP contribution in [-0.2, 0) is 0 Å². The first-order chi connectivity index (χ1) is 9.51. The minimum absolute atomic E-state index is 0.191. The van der Waals surface area contributed by atoms with Crippen LogP contribution in [0.5, 0.6) is 0 Å². The second-order valence-corrected chi connectivity index (χ2v) is 5.54. The van der Waals surface area contributed by atoms with Gasteiger partial charge in [0.2, 0.25) is 0 Å². The van der Waals surface area contributed by atoms with Crippen molar-refractivity contribution >= 4 is 39.1 Å². The quantitative estimate of drug-likeness (QED) is 0.813. The summed E-state index contributed by atoms with van der Waals surface area (Å²) in [5, 5.41) is 9.38. The van der Waals surface area contributed by atoms with E-state index in [9.17, 15) is 4.79 Å². The third-order valence-electron chi connectivity index (χ3n) is 2.78. The molecule has 0 aromatic heterocycles. The number of carbonyl (C=O) groups is 1. The second kappa shape index (κ2) is 6.08. The Morgan fingerprint density at radius 3 is 2.70 bits per heavy atom. The molecule has 0 saturated carbocycles. The van der Waals surface area contributed by atoms with Crippen LogP contribution in [0.3, 0.4) is 0 Å².